The van der Waals surface area contributed by atoms with Crippen LogP contribution in [0.15, 0.2) is 0 Å². The van der Waals surface area contributed by atoms with Gasteiger partial charge in [0.2, 0.25) is 11.8 Å². The van der Waals surface area contributed by atoms with Gasteiger partial charge in [0.1, 0.15) is 0 Å². The minimum atomic E-state index is -0.135. The van der Waals surface area contributed by atoms with E-state index in [9.17, 15) is 9.59 Å². The molecule has 5 rings (SSSR count). The zero-order chi connectivity index (χ0) is 16.3. The average Bonchev–Trinajstić information content (AvgIpc) is 3.23. The van der Waals surface area contributed by atoms with Crippen LogP contribution >= 0.6 is 0 Å². The van der Waals surface area contributed by atoms with Crippen molar-refractivity contribution >= 4 is 11.8 Å². The molecule has 0 aliphatic heterocycles. The smallest absolute Gasteiger partial charge is 0.226 e. The second-order valence-corrected chi connectivity index (χ2v) is 9.73. The van der Waals surface area contributed by atoms with Gasteiger partial charge >= 0.3 is 0 Å². The summed E-state index contributed by atoms with van der Waals surface area (Å²) in [5.41, 5.74) is 0.598. The molecule has 5 saturated carbocycles. The predicted molar refractivity (Wildman–Crippen MR) is 88.6 cm³/mol. The van der Waals surface area contributed by atoms with Gasteiger partial charge in [-0.25, -0.2) is 0 Å². The van der Waals surface area contributed by atoms with Gasteiger partial charge in [-0.1, -0.05) is 13.8 Å². The van der Waals surface area contributed by atoms with Gasteiger partial charge in [0.25, 0.3) is 0 Å². The Kier molecular flexibility index (Phi) is 3.34. The first-order valence-corrected chi connectivity index (χ1v) is 9.38. The summed E-state index contributed by atoms with van der Waals surface area (Å²) in [7, 11) is 0. The van der Waals surface area contributed by atoms with E-state index in [1.807, 2.05) is 0 Å². The molecular formula is C19H30N2O2. The predicted octanol–water partition coefficient (Wildman–Crippen LogP) is 2.63. The largest absolute Gasteiger partial charge is 0.354 e. The van der Waals surface area contributed by atoms with Crippen LogP contribution in [0.4, 0.5) is 0 Å². The molecule has 0 spiro atoms. The monoisotopic (exact) mass is 318 g/mol. The van der Waals surface area contributed by atoms with Gasteiger partial charge in [-0.15, -0.1) is 0 Å². The summed E-state index contributed by atoms with van der Waals surface area (Å²) in [6.07, 6.45) is 9.18. The Bertz CT molecular complexity index is 521. The SMILES string of the molecule is CC12CC3CC(C)(C1)CC(C(=O)NCCNC(=O)C1CC1)(C3)C2. The van der Waals surface area contributed by atoms with Crippen molar-refractivity contribution in [3.63, 3.8) is 0 Å². The molecule has 5 fully saturated rings. The van der Waals surface area contributed by atoms with Crippen LogP contribution in [-0.4, -0.2) is 24.9 Å². The molecule has 128 valence electrons. The Morgan fingerprint density at radius 1 is 0.913 bits per heavy atom. The molecule has 5 aliphatic rings. The molecule has 2 amide bonds. The van der Waals surface area contributed by atoms with Gasteiger partial charge in [0.05, 0.1) is 5.41 Å². The summed E-state index contributed by atoms with van der Waals surface area (Å²) in [5, 5.41) is 6.07. The van der Waals surface area contributed by atoms with Gasteiger partial charge in [-0.3, -0.25) is 9.59 Å². The van der Waals surface area contributed by atoms with E-state index in [0.717, 1.165) is 38.0 Å². The van der Waals surface area contributed by atoms with E-state index >= 15 is 0 Å². The first kappa shape index (κ1) is 15.5. The van der Waals surface area contributed by atoms with Crippen LogP contribution in [0.2, 0.25) is 0 Å². The fourth-order valence-electron chi connectivity index (χ4n) is 6.74. The number of amides is 2. The molecule has 2 unspecified atom stereocenters. The molecule has 0 aromatic carbocycles. The highest BCUT2D eigenvalue weighted by molar-refractivity contribution is 5.83. The first-order chi connectivity index (χ1) is 10.8. The van der Waals surface area contributed by atoms with Crippen molar-refractivity contribution in [3.05, 3.63) is 0 Å². The maximum absolute atomic E-state index is 12.9. The average molecular weight is 318 g/mol. The quantitative estimate of drug-likeness (QED) is 0.766. The van der Waals surface area contributed by atoms with Crippen molar-refractivity contribution in [2.75, 3.05) is 13.1 Å². The molecule has 0 aromatic rings. The van der Waals surface area contributed by atoms with Crippen molar-refractivity contribution in [1.29, 1.82) is 0 Å². The van der Waals surface area contributed by atoms with Crippen molar-refractivity contribution in [1.82, 2.24) is 10.6 Å². The fourth-order valence-corrected chi connectivity index (χ4v) is 6.74. The van der Waals surface area contributed by atoms with Gasteiger partial charge in [-0.2, -0.15) is 0 Å². The van der Waals surface area contributed by atoms with Crippen LogP contribution < -0.4 is 10.6 Å². The zero-order valence-electron chi connectivity index (χ0n) is 14.5. The lowest BCUT2D eigenvalue weighted by molar-refractivity contribution is -0.170. The molecule has 5 aliphatic carbocycles. The highest BCUT2D eigenvalue weighted by atomic mass is 16.2. The topological polar surface area (TPSA) is 58.2 Å². The fraction of sp³-hybridized carbons (Fsp3) is 0.895. The molecule has 4 nitrogen and oxygen atoms in total. The van der Waals surface area contributed by atoms with Crippen LogP contribution in [0.5, 0.6) is 0 Å². The second kappa shape index (κ2) is 4.97. The Balaban J connectivity index is 1.35. The lowest BCUT2D eigenvalue weighted by Gasteiger charge is -2.64. The Morgan fingerprint density at radius 2 is 1.52 bits per heavy atom. The van der Waals surface area contributed by atoms with Gasteiger partial charge in [-0.05, 0) is 68.1 Å². The number of rotatable bonds is 5. The molecular weight excluding hydrogens is 288 g/mol. The van der Waals surface area contributed by atoms with Crippen LogP contribution in [0.3, 0.4) is 0 Å². The summed E-state index contributed by atoms with van der Waals surface area (Å²) in [6, 6.07) is 0. The van der Waals surface area contributed by atoms with Crippen LogP contribution in [-0.2, 0) is 9.59 Å². The third kappa shape index (κ3) is 2.78. The summed E-state index contributed by atoms with van der Waals surface area (Å²) in [4.78, 5) is 24.6. The third-order valence-corrected chi connectivity index (χ3v) is 6.77. The highest BCUT2D eigenvalue weighted by Crippen LogP contribution is 2.69. The number of hydrogen-bond acceptors (Lipinski definition) is 2. The lowest BCUT2D eigenvalue weighted by atomic mass is 9.40. The summed E-state index contributed by atoms with van der Waals surface area (Å²) in [6.45, 7) is 5.92. The van der Waals surface area contributed by atoms with Crippen molar-refractivity contribution < 1.29 is 9.59 Å². The van der Waals surface area contributed by atoms with Crippen LogP contribution in [0, 0.1) is 28.1 Å². The Labute approximate surface area is 139 Å². The van der Waals surface area contributed by atoms with Gasteiger partial charge in [0, 0.05) is 19.0 Å². The number of hydrogen-bond donors (Lipinski definition) is 2. The molecule has 0 heterocycles. The van der Waals surface area contributed by atoms with E-state index in [-0.39, 0.29) is 23.1 Å². The highest BCUT2D eigenvalue weighted by Gasteiger charge is 2.62. The molecule has 0 saturated heterocycles. The lowest BCUT2D eigenvalue weighted by Crippen LogP contribution is -2.60. The summed E-state index contributed by atoms with van der Waals surface area (Å²) in [5.74, 6) is 1.39. The van der Waals surface area contributed by atoms with Crippen molar-refractivity contribution in [2.24, 2.45) is 28.1 Å². The van der Waals surface area contributed by atoms with Crippen molar-refractivity contribution in [3.8, 4) is 0 Å². The maximum Gasteiger partial charge on any atom is 0.226 e. The molecule has 0 aromatic heterocycles. The minimum absolute atomic E-state index is 0.135. The molecule has 4 heteroatoms. The number of nitrogens with one attached hydrogen (secondary N) is 2. The van der Waals surface area contributed by atoms with E-state index in [1.54, 1.807) is 0 Å². The second-order valence-electron chi connectivity index (χ2n) is 9.73. The van der Waals surface area contributed by atoms with E-state index in [2.05, 4.69) is 24.5 Å². The molecule has 23 heavy (non-hydrogen) atoms. The summed E-state index contributed by atoms with van der Waals surface area (Å²) >= 11 is 0. The first-order valence-electron chi connectivity index (χ1n) is 9.38. The molecule has 0 radical (unpaired) electrons. The molecule has 2 atom stereocenters. The number of carbonyl (C=O) groups excluding carboxylic acids is 2. The molecule has 4 bridgehead atoms. The minimum Gasteiger partial charge on any atom is -0.354 e. The van der Waals surface area contributed by atoms with E-state index in [0.29, 0.717) is 23.9 Å². The van der Waals surface area contributed by atoms with Crippen LogP contribution in [0.1, 0.15) is 65.2 Å². The van der Waals surface area contributed by atoms with Crippen LogP contribution in [0.25, 0.3) is 0 Å². The van der Waals surface area contributed by atoms with E-state index in [4.69, 9.17) is 0 Å². The maximum atomic E-state index is 12.9. The zero-order valence-corrected chi connectivity index (χ0v) is 14.5. The third-order valence-electron chi connectivity index (χ3n) is 6.77. The summed E-state index contributed by atoms with van der Waals surface area (Å²) < 4.78 is 0. The van der Waals surface area contributed by atoms with E-state index in [1.165, 1.54) is 19.3 Å². The van der Waals surface area contributed by atoms with Gasteiger partial charge in [0.15, 0.2) is 0 Å². The normalized spacial score (nSPS) is 44.2. The van der Waals surface area contributed by atoms with E-state index < -0.39 is 0 Å². The standard InChI is InChI=1S/C19H30N2O2/c1-17-7-13-8-18(2,10-17)12-19(9-13,11-17)16(23)21-6-5-20-15(22)14-3-4-14/h13-14H,3-12H2,1-2H3,(H,20,22)(H,21,23). The Morgan fingerprint density at radius 3 is 2.09 bits per heavy atom. The molecule has 2 N–H and O–H groups in total. The number of carbonyl (C=O) groups is 2. The van der Waals surface area contributed by atoms with Gasteiger partial charge < -0.3 is 10.6 Å². The Hall–Kier alpha value is -1.06. The van der Waals surface area contributed by atoms with Crippen molar-refractivity contribution in [2.45, 2.75) is 65.2 Å².